The van der Waals surface area contributed by atoms with Gasteiger partial charge in [0, 0.05) is 18.3 Å². The molecular weight excluding hydrogens is 274 g/mol. The number of nitrogens with one attached hydrogen (secondary N) is 1. The Morgan fingerprint density at radius 2 is 2.20 bits per heavy atom. The SMILES string of the molecule is CC1(COc2ccc3c(c2)NCCC3)CCCS1(=O)=O. The second-order valence-electron chi connectivity index (χ2n) is 6.01. The largest absolute Gasteiger partial charge is 0.492 e. The molecule has 1 atom stereocenters. The zero-order chi connectivity index (χ0) is 14.2. The van der Waals surface area contributed by atoms with Crippen LogP contribution in [-0.2, 0) is 16.3 Å². The highest BCUT2D eigenvalue weighted by molar-refractivity contribution is 7.93. The first-order valence-corrected chi connectivity index (χ1v) is 8.87. The molecule has 0 spiro atoms. The predicted octanol–water partition coefficient (Wildman–Crippen LogP) is 2.39. The Hall–Kier alpha value is -1.23. The standard InChI is InChI=1S/C15H21NO3S/c1-15(7-3-9-20(15,17)18)11-19-13-6-5-12-4-2-8-16-14(12)10-13/h5-6,10,16H,2-4,7-9,11H2,1H3. The van der Waals surface area contributed by atoms with E-state index in [-0.39, 0.29) is 6.61 Å². The molecule has 1 saturated heterocycles. The van der Waals surface area contributed by atoms with Crippen molar-refractivity contribution in [1.82, 2.24) is 0 Å². The maximum atomic E-state index is 12.0. The van der Waals surface area contributed by atoms with E-state index in [0.717, 1.165) is 37.2 Å². The Labute approximate surface area is 120 Å². The summed E-state index contributed by atoms with van der Waals surface area (Å²) < 4.78 is 29.1. The number of aryl methyl sites for hydroxylation is 1. The third kappa shape index (κ3) is 2.39. The number of rotatable bonds is 3. The van der Waals surface area contributed by atoms with Crippen LogP contribution in [0.1, 0.15) is 31.7 Å². The van der Waals surface area contributed by atoms with E-state index in [0.29, 0.717) is 12.2 Å². The van der Waals surface area contributed by atoms with Crippen LogP contribution in [0.25, 0.3) is 0 Å². The maximum absolute atomic E-state index is 12.0. The molecule has 1 fully saturated rings. The number of hydrogen-bond acceptors (Lipinski definition) is 4. The van der Waals surface area contributed by atoms with Gasteiger partial charge in [0.2, 0.25) is 0 Å². The lowest BCUT2D eigenvalue weighted by molar-refractivity contribution is 0.270. The molecular formula is C15H21NO3S. The minimum absolute atomic E-state index is 0.244. The van der Waals surface area contributed by atoms with Gasteiger partial charge in [0.15, 0.2) is 9.84 Å². The van der Waals surface area contributed by atoms with E-state index in [2.05, 4.69) is 11.4 Å². The van der Waals surface area contributed by atoms with Crippen LogP contribution in [0.3, 0.4) is 0 Å². The van der Waals surface area contributed by atoms with E-state index < -0.39 is 14.6 Å². The molecule has 2 heterocycles. The first-order chi connectivity index (χ1) is 9.50. The van der Waals surface area contributed by atoms with Gasteiger partial charge in [0.1, 0.15) is 17.1 Å². The van der Waals surface area contributed by atoms with Gasteiger partial charge in [-0.2, -0.15) is 0 Å². The fourth-order valence-electron chi connectivity index (χ4n) is 2.97. The maximum Gasteiger partial charge on any atom is 0.159 e. The highest BCUT2D eigenvalue weighted by Gasteiger charge is 2.44. The summed E-state index contributed by atoms with van der Waals surface area (Å²) in [6.45, 7) is 3.03. The van der Waals surface area contributed by atoms with Crippen LogP contribution in [0.2, 0.25) is 0 Å². The first-order valence-electron chi connectivity index (χ1n) is 7.22. The zero-order valence-corrected chi connectivity index (χ0v) is 12.6. The van der Waals surface area contributed by atoms with Crippen molar-refractivity contribution in [2.75, 3.05) is 24.2 Å². The molecule has 1 N–H and O–H groups in total. The number of hydrogen-bond donors (Lipinski definition) is 1. The number of sulfone groups is 1. The van der Waals surface area contributed by atoms with Crippen molar-refractivity contribution >= 4 is 15.5 Å². The molecule has 2 aliphatic rings. The molecule has 3 rings (SSSR count). The average molecular weight is 295 g/mol. The molecule has 0 saturated carbocycles. The predicted molar refractivity (Wildman–Crippen MR) is 80.2 cm³/mol. The van der Waals surface area contributed by atoms with Gasteiger partial charge in [0.05, 0.1) is 5.75 Å². The first kappa shape index (κ1) is 13.7. The molecule has 0 bridgehead atoms. The molecule has 1 unspecified atom stereocenters. The van der Waals surface area contributed by atoms with Gasteiger partial charge in [0.25, 0.3) is 0 Å². The van der Waals surface area contributed by atoms with Gasteiger partial charge < -0.3 is 10.1 Å². The zero-order valence-electron chi connectivity index (χ0n) is 11.8. The molecule has 5 heteroatoms. The van der Waals surface area contributed by atoms with Crippen LogP contribution in [0.5, 0.6) is 5.75 Å². The van der Waals surface area contributed by atoms with Crippen molar-refractivity contribution in [2.24, 2.45) is 0 Å². The van der Waals surface area contributed by atoms with Crippen LogP contribution in [0, 0.1) is 0 Å². The van der Waals surface area contributed by atoms with E-state index >= 15 is 0 Å². The second-order valence-corrected chi connectivity index (χ2v) is 8.63. The summed E-state index contributed by atoms with van der Waals surface area (Å²) in [6.07, 6.45) is 3.69. The second kappa shape index (κ2) is 4.95. The third-order valence-electron chi connectivity index (χ3n) is 4.43. The number of benzene rings is 1. The van der Waals surface area contributed by atoms with Crippen LogP contribution < -0.4 is 10.1 Å². The van der Waals surface area contributed by atoms with Crippen LogP contribution in [0.15, 0.2) is 18.2 Å². The fourth-order valence-corrected chi connectivity index (χ4v) is 4.68. The van der Waals surface area contributed by atoms with E-state index in [1.165, 1.54) is 5.56 Å². The van der Waals surface area contributed by atoms with E-state index in [1.807, 2.05) is 12.1 Å². The number of fused-ring (bicyclic) bond motifs is 1. The summed E-state index contributed by atoms with van der Waals surface area (Å²) in [5, 5.41) is 3.36. The summed E-state index contributed by atoms with van der Waals surface area (Å²) in [5.41, 5.74) is 2.43. The van der Waals surface area contributed by atoms with E-state index in [1.54, 1.807) is 6.92 Å². The van der Waals surface area contributed by atoms with Crippen molar-refractivity contribution in [3.8, 4) is 5.75 Å². The van der Waals surface area contributed by atoms with Crippen molar-refractivity contribution in [2.45, 2.75) is 37.4 Å². The molecule has 1 aromatic rings. The van der Waals surface area contributed by atoms with Gasteiger partial charge >= 0.3 is 0 Å². The highest BCUT2D eigenvalue weighted by atomic mass is 32.2. The van der Waals surface area contributed by atoms with Gasteiger partial charge in [-0.3, -0.25) is 0 Å². The Balaban J connectivity index is 1.73. The van der Waals surface area contributed by atoms with Crippen molar-refractivity contribution in [3.63, 3.8) is 0 Å². The smallest absolute Gasteiger partial charge is 0.159 e. The summed E-state index contributed by atoms with van der Waals surface area (Å²) >= 11 is 0. The normalized spacial score (nSPS) is 27.6. The molecule has 0 radical (unpaired) electrons. The lowest BCUT2D eigenvalue weighted by Gasteiger charge is -2.24. The monoisotopic (exact) mass is 295 g/mol. The molecule has 0 amide bonds. The summed E-state index contributed by atoms with van der Waals surface area (Å²) in [7, 11) is -3.01. The molecule has 0 aliphatic carbocycles. The fraction of sp³-hybridized carbons (Fsp3) is 0.600. The van der Waals surface area contributed by atoms with Gasteiger partial charge in [-0.1, -0.05) is 6.07 Å². The summed E-state index contributed by atoms with van der Waals surface area (Å²) in [4.78, 5) is 0. The molecule has 0 aromatic heterocycles. The van der Waals surface area contributed by atoms with Crippen molar-refractivity contribution in [3.05, 3.63) is 23.8 Å². The average Bonchev–Trinajstić information content (AvgIpc) is 2.71. The Morgan fingerprint density at radius 3 is 2.95 bits per heavy atom. The minimum atomic E-state index is -3.01. The van der Waals surface area contributed by atoms with Crippen LogP contribution in [-0.4, -0.2) is 32.1 Å². The molecule has 4 nitrogen and oxygen atoms in total. The topological polar surface area (TPSA) is 55.4 Å². The molecule has 20 heavy (non-hydrogen) atoms. The highest BCUT2D eigenvalue weighted by Crippen LogP contribution is 2.33. The third-order valence-corrected chi connectivity index (χ3v) is 7.08. The van der Waals surface area contributed by atoms with E-state index in [9.17, 15) is 8.42 Å². The van der Waals surface area contributed by atoms with E-state index in [4.69, 9.17) is 4.74 Å². The Bertz CT molecular complexity index is 612. The number of anilines is 1. The molecule has 110 valence electrons. The lowest BCUT2D eigenvalue weighted by atomic mass is 10.0. The summed E-state index contributed by atoms with van der Waals surface area (Å²) in [5.74, 6) is 1.04. The molecule has 2 aliphatic heterocycles. The Kier molecular flexibility index (Phi) is 3.40. The van der Waals surface area contributed by atoms with Crippen molar-refractivity contribution in [1.29, 1.82) is 0 Å². The lowest BCUT2D eigenvalue weighted by Crippen LogP contribution is -2.37. The number of ether oxygens (including phenoxy) is 1. The van der Waals surface area contributed by atoms with Gasteiger partial charge in [-0.05, 0) is 44.2 Å². The van der Waals surface area contributed by atoms with Gasteiger partial charge in [-0.25, -0.2) is 8.42 Å². The van der Waals surface area contributed by atoms with Crippen LogP contribution >= 0.6 is 0 Å². The quantitative estimate of drug-likeness (QED) is 0.930. The molecule has 1 aromatic carbocycles. The van der Waals surface area contributed by atoms with Crippen LogP contribution in [0.4, 0.5) is 5.69 Å². The minimum Gasteiger partial charge on any atom is -0.492 e. The van der Waals surface area contributed by atoms with Gasteiger partial charge in [-0.15, -0.1) is 0 Å². The summed E-state index contributed by atoms with van der Waals surface area (Å²) in [6, 6.07) is 6.00. The Morgan fingerprint density at radius 1 is 1.35 bits per heavy atom. The van der Waals surface area contributed by atoms with Crippen molar-refractivity contribution < 1.29 is 13.2 Å².